The third-order valence-electron chi connectivity index (χ3n) is 4.09. The zero-order chi connectivity index (χ0) is 13.8. The molecule has 1 aliphatic rings. The van der Waals surface area contributed by atoms with Gasteiger partial charge >= 0.3 is 0 Å². The maximum atomic E-state index is 6.07. The first-order valence-corrected chi connectivity index (χ1v) is 8.49. The van der Waals surface area contributed by atoms with E-state index in [0.717, 1.165) is 10.3 Å². The van der Waals surface area contributed by atoms with E-state index in [1.54, 1.807) is 11.3 Å². The average molecular weight is 301 g/mol. The van der Waals surface area contributed by atoms with Crippen LogP contribution in [-0.4, -0.2) is 30.6 Å². The molecule has 1 aromatic heterocycles. The van der Waals surface area contributed by atoms with Crippen molar-refractivity contribution in [2.24, 2.45) is 5.92 Å². The SMILES string of the molecule is CC(C)N(CC1CCNCC1)C(C)c1ccc(Cl)s1. The first-order chi connectivity index (χ1) is 9.08. The van der Waals surface area contributed by atoms with E-state index in [0.29, 0.717) is 12.1 Å². The van der Waals surface area contributed by atoms with Crippen molar-refractivity contribution < 1.29 is 0 Å². The van der Waals surface area contributed by atoms with Gasteiger partial charge in [0.05, 0.1) is 4.34 Å². The van der Waals surface area contributed by atoms with Crippen LogP contribution in [-0.2, 0) is 0 Å². The topological polar surface area (TPSA) is 15.3 Å². The van der Waals surface area contributed by atoms with E-state index in [9.17, 15) is 0 Å². The summed E-state index contributed by atoms with van der Waals surface area (Å²) >= 11 is 7.79. The van der Waals surface area contributed by atoms with Gasteiger partial charge in [0, 0.05) is 23.5 Å². The lowest BCUT2D eigenvalue weighted by atomic mass is 9.96. The van der Waals surface area contributed by atoms with Crippen LogP contribution in [0.1, 0.15) is 44.5 Å². The molecule has 0 spiro atoms. The first kappa shape index (κ1) is 15.3. The lowest BCUT2D eigenvalue weighted by Gasteiger charge is -2.36. The van der Waals surface area contributed by atoms with Crippen LogP contribution in [0.15, 0.2) is 12.1 Å². The van der Waals surface area contributed by atoms with Gasteiger partial charge in [-0.2, -0.15) is 0 Å². The highest BCUT2D eigenvalue weighted by Gasteiger charge is 2.24. The fraction of sp³-hybridized carbons (Fsp3) is 0.733. The highest BCUT2D eigenvalue weighted by atomic mass is 35.5. The number of hydrogen-bond donors (Lipinski definition) is 1. The van der Waals surface area contributed by atoms with E-state index in [1.807, 2.05) is 6.07 Å². The highest BCUT2D eigenvalue weighted by Crippen LogP contribution is 2.32. The zero-order valence-corrected chi connectivity index (χ0v) is 13.7. The molecule has 1 aromatic rings. The fourth-order valence-corrected chi connectivity index (χ4v) is 4.03. The van der Waals surface area contributed by atoms with Crippen LogP contribution < -0.4 is 5.32 Å². The Morgan fingerprint density at radius 1 is 1.32 bits per heavy atom. The van der Waals surface area contributed by atoms with E-state index >= 15 is 0 Å². The van der Waals surface area contributed by atoms with Crippen molar-refractivity contribution in [3.63, 3.8) is 0 Å². The number of thiophene rings is 1. The monoisotopic (exact) mass is 300 g/mol. The molecule has 0 amide bonds. The Morgan fingerprint density at radius 2 is 2.00 bits per heavy atom. The lowest BCUT2D eigenvalue weighted by Crippen LogP contribution is -2.40. The minimum absolute atomic E-state index is 0.465. The number of hydrogen-bond acceptors (Lipinski definition) is 3. The Kier molecular flexibility index (Phi) is 5.70. The number of piperidine rings is 1. The van der Waals surface area contributed by atoms with Crippen LogP contribution in [0.25, 0.3) is 0 Å². The largest absolute Gasteiger partial charge is 0.317 e. The van der Waals surface area contributed by atoms with Gasteiger partial charge < -0.3 is 5.32 Å². The van der Waals surface area contributed by atoms with Crippen LogP contribution in [0, 0.1) is 5.92 Å². The molecule has 1 atom stereocenters. The van der Waals surface area contributed by atoms with Crippen LogP contribution in [0.4, 0.5) is 0 Å². The van der Waals surface area contributed by atoms with E-state index < -0.39 is 0 Å². The molecule has 1 fully saturated rings. The van der Waals surface area contributed by atoms with Gasteiger partial charge in [-0.1, -0.05) is 11.6 Å². The first-order valence-electron chi connectivity index (χ1n) is 7.29. The summed E-state index contributed by atoms with van der Waals surface area (Å²) in [5, 5.41) is 3.45. The van der Waals surface area contributed by atoms with Gasteiger partial charge in [-0.15, -0.1) is 11.3 Å². The van der Waals surface area contributed by atoms with E-state index in [4.69, 9.17) is 11.6 Å². The van der Waals surface area contributed by atoms with Gasteiger partial charge in [-0.3, -0.25) is 4.90 Å². The summed E-state index contributed by atoms with van der Waals surface area (Å²) in [6.45, 7) is 10.5. The summed E-state index contributed by atoms with van der Waals surface area (Å²) in [4.78, 5) is 4.01. The van der Waals surface area contributed by atoms with Crippen molar-refractivity contribution in [1.82, 2.24) is 10.2 Å². The van der Waals surface area contributed by atoms with Gasteiger partial charge in [-0.05, 0) is 64.8 Å². The van der Waals surface area contributed by atoms with E-state index in [2.05, 4.69) is 37.1 Å². The summed E-state index contributed by atoms with van der Waals surface area (Å²) < 4.78 is 0.896. The molecule has 4 heteroatoms. The molecule has 1 unspecified atom stereocenters. The second kappa shape index (κ2) is 7.07. The standard InChI is InChI=1S/C15H25ClN2S/c1-11(2)18(10-13-6-8-17-9-7-13)12(3)14-4-5-15(16)19-14/h4-5,11-13,17H,6-10H2,1-3H3. The molecule has 0 aromatic carbocycles. The molecular formula is C15H25ClN2S. The second-order valence-electron chi connectivity index (χ2n) is 5.80. The molecule has 2 heterocycles. The minimum Gasteiger partial charge on any atom is -0.317 e. The van der Waals surface area contributed by atoms with Crippen molar-refractivity contribution in [3.05, 3.63) is 21.3 Å². The molecule has 0 aliphatic carbocycles. The summed E-state index contributed by atoms with van der Waals surface area (Å²) in [7, 11) is 0. The average Bonchev–Trinajstić information content (AvgIpc) is 2.83. The van der Waals surface area contributed by atoms with E-state index in [-0.39, 0.29) is 0 Å². The fourth-order valence-electron chi connectivity index (χ4n) is 2.89. The molecule has 1 aliphatic heterocycles. The van der Waals surface area contributed by atoms with Crippen molar-refractivity contribution in [2.75, 3.05) is 19.6 Å². The summed E-state index contributed by atoms with van der Waals surface area (Å²) in [5.41, 5.74) is 0. The van der Waals surface area contributed by atoms with Gasteiger partial charge in [0.25, 0.3) is 0 Å². The smallest absolute Gasteiger partial charge is 0.0931 e. The highest BCUT2D eigenvalue weighted by molar-refractivity contribution is 7.16. The van der Waals surface area contributed by atoms with Gasteiger partial charge in [0.2, 0.25) is 0 Å². The molecule has 0 radical (unpaired) electrons. The third kappa shape index (κ3) is 4.19. The second-order valence-corrected chi connectivity index (χ2v) is 7.55. The molecule has 2 rings (SSSR count). The Balaban J connectivity index is 2.02. The van der Waals surface area contributed by atoms with Gasteiger partial charge in [0.15, 0.2) is 0 Å². The summed E-state index contributed by atoms with van der Waals surface area (Å²) in [6.07, 6.45) is 2.61. The van der Waals surface area contributed by atoms with Crippen LogP contribution in [0.2, 0.25) is 4.34 Å². The Hall–Kier alpha value is -0.0900. The van der Waals surface area contributed by atoms with Crippen molar-refractivity contribution in [1.29, 1.82) is 0 Å². The predicted octanol–water partition coefficient (Wildman–Crippen LogP) is 4.17. The maximum absolute atomic E-state index is 6.07. The normalized spacial score (nSPS) is 19.3. The Morgan fingerprint density at radius 3 is 2.53 bits per heavy atom. The third-order valence-corrected chi connectivity index (χ3v) is 5.50. The molecular weight excluding hydrogens is 276 g/mol. The van der Waals surface area contributed by atoms with Crippen molar-refractivity contribution in [2.45, 2.75) is 45.7 Å². The van der Waals surface area contributed by atoms with Gasteiger partial charge in [-0.25, -0.2) is 0 Å². The molecule has 2 nitrogen and oxygen atoms in total. The molecule has 1 saturated heterocycles. The lowest BCUT2D eigenvalue weighted by molar-refractivity contribution is 0.127. The summed E-state index contributed by atoms with van der Waals surface area (Å²) in [5.74, 6) is 0.835. The van der Waals surface area contributed by atoms with Gasteiger partial charge in [0.1, 0.15) is 0 Å². The molecule has 108 valence electrons. The summed E-state index contributed by atoms with van der Waals surface area (Å²) in [6, 6.07) is 5.23. The number of rotatable bonds is 5. The van der Waals surface area contributed by atoms with Crippen LogP contribution in [0.3, 0.4) is 0 Å². The van der Waals surface area contributed by atoms with Crippen molar-refractivity contribution >= 4 is 22.9 Å². The quantitative estimate of drug-likeness (QED) is 0.878. The number of nitrogens with one attached hydrogen (secondary N) is 1. The van der Waals surface area contributed by atoms with E-state index in [1.165, 1.54) is 37.4 Å². The molecule has 0 saturated carbocycles. The number of nitrogens with zero attached hydrogens (tertiary/aromatic N) is 1. The minimum atomic E-state index is 0.465. The number of halogens is 1. The van der Waals surface area contributed by atoms with Crippen molar-refractivity contribution in [3.8, 4) is 0 Å². The Labute approximate surface area is 126 Å². The predicted molar refractivity (Wildman–Crippen MR) is 85.2 cm³/mol. The molecule has 0 bridgehead atoms. The molecule has 1 N–H and O–H groups in total. The van der Waals surface area contributed by atoms with Crippen LogP contribution >= 0.6 is 22.9 Å². The zero-order valence-electron chi connectivity index (χ0n) is 12.2. The maximum Gasteiger partial charge on any atom is 0.0931 e. The van der Waals surface area contributed by atoms with Crippen LogP contribution in [0.5, 0.6) is 0 Å². The molecule has 19 heavy (non-hydrogen) atoms. The Bertz CT molecular complexity index is 385.